The average molecular weight is 408 g/mol. The number of nitrogens with one attached hydrogen (secondary N) is 1. The molecule has 4 rings (SSSR count). The van der Waals surface area contributed by atoms with E-state index in [2.05, 4.69) is 52.9 Å². The normalized spacial score (nSPS) is 17.2. The Bertz CT molecular complexity index is 952. The molecule has 1 aromatic carbocycles. The minimum absolute atomic E-state index is 0.0336. The first-order valence-corrected chi connectivity index (χ1v) is 11.2. The fourth-order valence-corrected chi connectivity index (χ4v) is 5.06. The van der Waals surface area contributed by atoms with Crippen molar-refractivity contribution in [2.24, 2.45) is 5.92 Å². The molecule has 160 valence electrons. The van der Waals surface area contributed by atoms with E-state index in [1.165, 1.54) is 29.7 Å². The van der Waals surface area contributed by atoms with E-state index < -0.39 is 0 Å². The van der Waals surface area contributed by atoms with Crippen molar-refractivity contribution in [2.75, 3.05) is 26.2 Å². The highest BCUT2D eigenvalue weighted by atomic mass is 16.1. The number of carbonyl (C=O) groups excluding carboxylic acids is 2. The van der Waals surface area contributed by atoms with Gasteiger partial charge < -0.3 is 9.88 Å². The van der Waals surface area contributed by atoms with E-state index in [0.29, 0.717) is 12.5 Å². The number of benzene rings is 1. The van der Waals surface area contributed by atoms with Gasteiger partial charge in [0.15, 0.2) is 5.78 Å². The molecule has 1 saturated heterocycles. The number of ketones is 1. The molecule has 5 heteroatoms. The molecule has 5 nitrogen and oxygen atoms in total. The molecule has 0 unspecified atom stereocenters. The Morgan fingerprint density at radius 1 is 1.07 bits per heavy atom. The predicted octanol–water partition coefficient (Wildman–Crippen LogP) is 3.61. The summed E-state index contributed by atoms with van der Waals surface area (Å²) >= 11 is 0. The number of amides is 1. The SMILES string of the molecule is CC(=O)NCC1CCN(CC(=O)c2cc(C)n(-c3ccc4c(c3)CCC4)c2C)CC1. The zero-order valence-electron chi connectivity index (χ0n) is 18.5. The summed E-state index contributed by atoms with van der Waals surface area (Å²) in [5.41, 5.74) is 7.09. The van der Waals surface area contributed by atoms with Crippen molar-refractivity contribution in [2.45, 2.75) is 52.9 Å². The molecule has 1 aliphatic heterocycles. The lowest BCUT2D eigenvalue weighted by molar-refractivity contribution is -0.119. The molecule has 2 aromatic rings. The maximum absolute atomic E-state index is 13.1. The molecule has 0 saturated carbocycles. The second kappa shape index (κ2) is 8.76. The lowest BCUT2D eigenvalue weighted by Crippen LogP contribution is -2.40. The summed E-state index contributed by atoms with van der Waals surface area (Å²) in [5.74, 6) is 0.757. The van der Waals surface area contributed by atoms with Gasteiger partial charge in [-0.2, -0.15) is 0 Å². The number of likely N-dealkylation sites (tertiary alicyclic amines) is 1. The molecule has 2 aliphatic rings. The smallest absolute Gasteiger partial charge is 0.216 e. The fraction of sp³-hybridized carbons (Fsp3) is 0.520. The van der Waals surface area contributed by atoms with Crippen LogP contribution in [0.25, 0.3) is 5.69 Å². The number of aromatic nitrogens is 1. The summed E-state index contributed by atoms with van der Waals surface area (Å²) in [7, 11) is 0. The summed E-state index contributed by atoms with van der Waals surface area (Å²) in [6.45, 7) is 8.77. The van der Waals surface area contributed by atoms with E-state index >= 15 is 0 Å². The summed E-state index contributed by atoms with van der Waals surface area (Å²) in [6.07, 6.45) is 5.65. The Morgan fingerprint density at radius 3 is 2.53 bits per heavy atom. The van der Waals surface area contributed by atoms with Gasteiger partial charge in [-0.25, -0.2) is 0 Å². The molecular formula is C25H33N3O2. The third-order valence-electron chi connectivity index (χ3n) is 6.79. The van der Waals surface area contributed by atoms with Crippen molar-refractivity contribution >= 4 is 11.7 Å². The largest absolute Gasteiger partial charge is 0.356 e. The molecule has 0 radical (unpaired) electrons. The van der Waals surface area contributed by atoms with Crippen LogP contribution in [0.5, 0.6) is 0 Å². The first-order valence-electron chi connectivity index (χ1n) is 11.2. The second-order valence-corrected chi connectivity index (χ2v) is 9.01. The summed E-state index contributed by atoms with van der Waals surface area (Å²) in [4.78, 5) is 26.5. The van der Waals surface area contributed by atoms with Gasteiger partial charge in [0.2, 0.25) is 5.91 Å². The lowest BCUT2D eigenvalue weighted by atomic mass is 9.96. The van der Waals surface area contributed by atoms with Crippen LogP contribution < -0.4 is 5.32 Å². The van der Waals surface area contributed by atoms with Gasteiger partial charge >= 0.3 is 0 Å². The minimum atomic E-state index is 0.0336. The minimum Gasteiger partial charge on any atom is -0.356 e. The zero-order chi connectivity index (χ0) is 21.3. The van der Waals surface area contributed by atoms with E-state index in [1.54, 1.807) is 6.92 Å². The van der Waals surface area contributed by atoms with Gasteiger partial charge in [0, 0.05) is 36.1 Å². The van der Waals surface area contributed by atoms with Gasteiger partial charge in [0.05, 0.1) is 6.54 Å². The van der Waals surface area contributed by atoms with Gasteiger partial charge in [-0.15, -0.1) is 0 Å². The number of nitrogens with zero attached hydrogens (tertiary/aromatic N) is 2. The maximum Gasteiger partial charge on any atom is 0.216 e. The van der Waals surface area contributed by atoms with E-state index in [4.69, 9.17) is 0 Å². The molecule has 0 bridgehead atoms. The van der Waals surface area contributed by atoms with Crippen LogP contribution in [0.1, 0.15) is 59.1 Å². The highest BCUT2D eigenvalue weighted by molar-refractivity contribution is 5.99. The first-order chi connectivity index (χ1) is 14.4. The van der Waals surface area contributed by atoms with Crippen LogP contribution in [0, 0.1) is 19.8 Å². The fourth-order valence-electron chi connectivity index (χ4n) is 5.06. The van der Waals surface area contributed by atoms with Crippen LogP contribution in [0.15, 0.2) is 24.3 Å². The van der Waals surface area contributed by atoms with Crippen LogP contribution in [0.2, 0.25) is 0 Å². The van der Waals surface area contributed by atoms with Crippen LogP contribution in [0.3, 0.4) is 0 Å². The van der Waals surface area contributed by atoms with Gasteiger partial charge in [0.1, 0.15) is 0 Å². The van der Waals surface area contributed by atoms with E-state index in [1.807, 2.05) is 0 Å². The Morgan fingerprint density at radius 2 is 1.80 bits per heavy atom. The predicted molar refractivity (Wildman–Crippen MR) is 119 cm³/mol. The number of rotatable bonds is 6. The summed E-state index contributed by atoms with van der Waals surface area (Å²) in [6, 6.07) is 8.80. The Kier molecular flexibility index (Phi) is 6.09. The molecule has 1 amide bonds. The number of piperidine rings is 1. The van der Waals surface area contributed by atoms with Crippen LogP contribution in [-0.4, -0.2) is 47.3 Å². The van der Waals surface area contributed by atoms with Crippen molar-refractivity contribution in [3.05, 3.63) is 52.3 Å². The van der Waals surface area contributed by atoms with Gasteiger partial charge in [-0.3, -0.25) is 14.5 Å². The molecule has 1 aromatic heterocycles. The molecule has 1 N–H and O–H groups in total. The van der Waals surface area contributed by atoms with Crippen LogP contribution >= 0.6 is 0 Å². The van der Waals surface area contributed by atoms with Crippen molar-refractivity contribution in [1.29, 1.82) is 0 Å². The molecular weight excluding hydrogens is 374 g/mol. The molecule has 0 atom stereocenters. The molecule has 1 fully saturated rings. The highest BCUT2D eigenvalue weighted by Crippen LogP contribution is 2.28. The number of hydrogen-bond donors (Lipinski definition) is 1. The van der Waals surface area contributed by atoms with Gasteiger partial charge in [-0.1, -0.05) is 6.07 Å². The van der Waals surface area contributed by atoms with Crippen LogP contribution in [0.4, 0.5) is 0 Å². The average Bonchev–Trinajstić information content (AvgIpc) is 3.30. The summed E-state index contributed by atoms with van der Waals surface area (Å²) in [5, 5.41) is 2.92. The molecule has 0 spiro atoms. The number of aryl methyl sites for hydroxylation is 3. The maximum atomic E-state index is 13.1. The van der Waals surface area contributed by atoms with E-state index in [0.717, 1.165) is 55.8 Å². The van der Waals surface area contributed by atoms with Gasteiger partial charge in [-0.05, 0) is 94.3 Å². The molecule has 30 heavy (non-hydrogen) atoms. The Hall–Kier alpha value is -2.40. The summed E-state index contributed by atoms with van der Waals surface area (Å²) < 4.78 is 2.23. The third-order valence-corrected chi connectivity index (χ3v) is 6.79. The Balaban J connectivity index is 1.42. The van der Waals surface area contributed by atoms with Crippen molar-refractivity contribution in [1.82, 2.24) is 14.8 Å². The lowest BCUT2D eigenvalue weighted by Gasteiger charge is -2.31. The van der Waals surface area contributed by atoms with E-state index in [-0.39, 0.29) is 11.7 Å². The standard InChI is InChI=1S/C25H33N3O2/c1-17-13-24(18(2)28(17)23-8-7-21-5-4-6-22(21)14-23)25(30)16-27-11-9-20(10-12-27)15-26-19(3)29/h7-8,13-14,20H,4-6,9-12,15-16H2,1-3H3,(H,26,29). The number of carbonyl (C=O) groups is 2. The number of hydrogen-bond acceptors (Lipinski definition) is 3. The monoisotopic (exact) mass is 407 g/mol. The van der Waals surface area contributed by atoms with Crippen LogP contribution in [-0.2, 0) is 17.6 Å². The third kappa shape index (κ3) is 4.36. The first kappa shape index (κ1) is 20.9. The number of fused-ring (bicyclic) bond motifs is 1. The second-order valence-electron chi connectivity index (χ2n) is 9.01. The molecule has 1 aliphatic carbocycles. The Labute approximate surface area is 179 Å². The molecule has 2 heterocycles. The highest BCUT2D eigenvalue weighted by Gasteiger charge is 2.24. The quantitative estimate of drug-likeness (QED) is 0.744. The van der Waals surface area contributed by atoms with Gasteiger partial charge in [0.25, 0.3) is 0 Å². The topological polar surface area (TPSA) is 54.3 Å². The van der Waals surface area contributed by atoms with Crippen molar-refractivity contribution < 1.29 is 9.59 Å². The van der Waals surface area contributed by atoms with Crippen molar-refractivity contribution in [3.8, 4) is 5.69 Å². The zero-order valence-corrected chi connectivity index (χ0v) is 18.5. The van der Waals surface area contributed by atoms with E-state index in [9.17, 15) is 9.59 Å². The van der Waals surface area contributed by atoms with Crippen molar-refractivity contribution in [3.63, 3.8) is 0 Å². The number of Topliss-reactive ketones (excluding diaryl/α,β-unsaturated/α-hetero) is 1.